The normalized spacial score (nSPS) is 32.5. The van der Waals surface area contributed by atoms with Gasteiger partial charge in [0.15, 0.2) is 0 Å². The van der Waals surface area contributed by atoms with Crippen molar-refractivity contribution in [1.82, 2.24) is 5.32 Å². The van der Waals surface area contributed by atoms with E-state index >= 15 is 0 Å². The van der Waals surface area contributed by atoms with Gasteiger partial charge in [-0.3, -0.25) is 4.79 Å². The maximum absolute atomic E-state index is 12.7. The molecule has 0 saturated heterocycles. The second-order valence-corrected chi connectivity index (χ2v) is 12.5. The first-order chi connectivity index (χ1) is 19.6. The lowest BCUT2D eigenvalue weighted by molar-refractivity contribution is -0.138. The zero-order chi connectivity index (χ0) is 29.4. The minimum Gasteiger partial charge on any atom is -0.462 e. The summed E-state index contributed by atoms with van der Waals surface area (Å²) >= 11 is 0. The van der Waals surface area contributed by atoms with E-state index in [0.29, 0.717) is 23.8 Å². The fourth-order valence-electron chi connectivity index (χ4n) is 8.28. The highest BCUT2D eigenvalue weighted by atomic mass is 16.5. The average Bonchev–Trinajstić information content (AvgIpc) is 3.23. The van der Waals surface area contributed by atoms with Crippen molar-refractivity contribution in [3.63, 3.8) is 0 Å². The lowest BCUT2D eigenvalue weighted by Gasteiger charge is -2.57. The van der Waals surface area contributed by atoms with Gasteiger partial charge in [-0.25, -0.2) is 9.59 Å². The first-order valence-electron chi connectivity index (χ1n) is 14.9. The summed E-state index contributed by atoms with van der Waals surface area (Å²) in [5.74, 6) is 0.127. The van der Waals surface area contributed by atoms with Crippen LogP contribution in [0.4, 0.5) is 0 Å². The molecule has 0 unspecified atom stereocenters. The summed E-state index contributed by atoms with van der Waals surface area (Å²) in [7, 11) is 0. The molecule has 2 saturated carbocycles. The van der Waals surface area contributed by atoms with E-state index in [1.54, 1.807) is 25.1 Å². The van der Waals surface area contributed by atoms with E-state index in [0.717, 1.165) is 49.8 Å². The van der Waals surface area contributed by atoms with Crippen LogP contribution in [0.3, 0.4) is 0 Å². The lowest BCUT2D eigenvalue weighted by atomic mass is 9.47. The van der Waals surface area contributed by atoms with E-state index in [-0.39, 0.29) is 46.9 Å². The van der Waals surface area contributed by atoms with Gasteiger partial charge in [-0.15, -0.1) is 0 Å². The van der Waals surface area contributed by atoms with Crippen molar-refractivity contribution in [1.29, 1.82) is 5.26 Å². The van der Waals surface area contributed by atoms with E-state index in [1.165, 1.54) is 12.5 Å². The predicted molar refractivity (Wildman–Crippen MR) is 154 cm³/mol. The number of carbonyl (C=O) groups excluding carboxylic acids is 3. The van der Waals surface area contributed by atoms with Gasteiger partial charge >= 0.3 is 11.9 Å². The molecule has 5 rings (SSSR count). The molecule has 6 atom stereocenters. The first kappa shape index (κ1) is 28.9. The second-order valence-electron chi connectivity index (χ2n) is 12.5. The van der Waals surface area contributed by atoms with E-state index in [2.05, 4.69) is 25.2 Å². The van der Waals surface area contributed by atoms with Gasteiger partial charge in [0.2, 0.25) is 5.91 Å². The van der Waals surface area contributed by atoms with Crippen LogP contribution >= 0.6 is 0 Å². The van der Waals surface area contributed by atoms with Crippen molar-refractivity contribution < 1.29 is 23.9 Å². The number of rotatable bonds is 6. The Kier molecular flexibility index (Phi) is 7.96. The molecule has 0 aliphatic heterocycles. The fraction of sp³-hybridized carbons (Fsp3) is 0.529. The van der Waals surface area contributed by atoms with Crippen LogP contribution in [-0.2, 0) is 19.1 Å². The number of allylic oxidation sites excluding steroid dienone is 4. The number of nitrogens with one attached hydrogen (secondary N) is 1. The lowest BCUT2D eigenvalue weighted by Crippen LogP contribution is -2.51. The molecular formula is C34H40N2O5. The zero-order valence-electron chi connectivity index (χ0n) is 24.5. The zero-order valence-corrected chi connectivity index (χ0v) is 24.5. The largest absolute Gasteiger partial charge is 0.462 e. The SMILES string of the molecule is CCOC(=O)/C(C#N)=C/C1=C(NC(C)=O)[C@@]2(C)CC[C@H]3[C@@H](CC=C4C[C@@H](OC(=O)c5ccccc5)CC[C@@]43C)[C@@H]2C1. The van der Waals surface area contributed by atoms with E-state index < -0.39 is 5.97 Å². The van der Waals surface area contributed by atoms with Crippen molar-refractivity contribution >= 4 is 17.8 Å². The Morgan fingerprint density at radius 2 is 1.80 bits per heavy atom. The number of fused-ring (bicyclic) bond motifs is 5. The third-order valence-electron chi connectivity index (χ3n) is 10.3. The molecule has 216 valence electrons. The van der Waals surface area contributed by atoms with Crippen molar-refractivity contribution in [2.75, 3.05) is 6.61 Å². The standard InChI is InChI=1S/C34H40N2O5/c1-5-40-31(38)24(20-35)17-23-18-29-27-12-11-25-19-26(41-32(39)22-9-7-6-8-10-22)13-15-33(25,3)28(27)14-16-34(29,4)30(23)36-21(2)37/h6-11,17,26-29H,5,12-16,18-19H2,1-4H3,(H,36,37)/b24-17+/t26-,27+,28-,29-,33-,34-/m0/s1. The van der Waals surface area contributed by atoms with Crippen LogP contribution in [0.5, 0.6) is 0 Å². The summed E-state index contributed by atoms with van der Waals surface area (Å²) in [5, 5.41) is 12.8. The van der Waals surface area contributed by atoms with E-state index in [4.69, 9.17) is 9.47 Å². The van der Waals surface area contributed by atoms with E-state index in [1.807, 2.05) is 24.3 Å². The molecule has 0 spiro atoms. The summed E-state index contributed by atoms with van der Waals surface area (Å²) < 4.78 is 11.0. The molecule has 2 fully saturated rings. The summed E-state index contributed by atoms with van der Waals surface area (Å²) in [6.07, 6.45) is 10.1. The van der Waals surface area contributed by atoms with Crippen LogP contribution < -0.4 is 5.32 Å². The van der Waals surface area contributed by atoms with Crippen LogP contribution in [-0.4, -0.2) is 30.6 Å². The van der Waals surface area contributed by atoms with Gasteiger partial charge < -0.3 is 14.8 Å². The van der Waals surface area contributed by atoms with Crippen LogP contribution in [0.25, 0.3) is 0 Å². The molecule has 4 aliphatic carbocycles. The highest BCUT2D eigenvalue weighted by Crippen LogP contribution is 2.65. The molecule has 1 aromatic rings. The highest BCUT2D eigenvalue weighted by molar-refractivity contribution is 5.93. The molecule has 7 nitrogen and oxygen atoms in total. The van der Waals surface area contributed by atoms with Crippen molar-refractivity contribution in [3.8, 4) is 6.07 Å². The summed E-state index contributed by atoms with van der Waals surface area (Å²) in [6, 6.07) is 11.2. The summed E-state index contributed by atoms with van der Waals surface area (Å²) in [4.78, 5) is 37.5. The number of hydrogen-bond acceptors (Lipinski definition) is 6. The fourth-order valence-corrected chi connectivity index (χ4v) is 8.28. The minimum atomic E-state index is -0.634. The molecule has 0 aromatic heterocycles. The third-order valence-corrected chi connectivity index (χ3v) is 10.3. The van der Waals surface area contributed by atoms with Crippen molar-refractivity contribution in [2.24, 2.45) is 28.6 Å². The Hall–Kier alpha value is -3.66. The highest BCUT2D eigenvalue weighted by Gasteiger charge is 2.58. The van der Waals surface area contributed by atoms with Crippen LogP contribution in [0.2, 0.25) is 0 Å². The molecular weight excluding hydrogens is 516 g/mol. The molecule has 41 heavy (non-hydrogen) atoms. The monoisotopic (exact) mass is 556 g/mol. The molecule has 1 aromatic carbocycles. The number of esters is 2. The first-order valence-corrected chi connectivity index (χ1v) is 14.9. The second kappa shape index (κ2) is 11.3. The molecule has 0 radical (unpaired) electrons. The number of benzene rings is 1. The van der Waals surface area contributed by atoms with Gasteiger partial charge in [-0.05, 0) is 92.4 Å². The molecule has 4 aliphatic rings. The molecule has 1 N–H and O–H groups in total. The molecule has 7 heteroatoms. The van der Waals surface area contributed by atoms with Crippen LogP contribution in [0.15, 0.2) is 64.9 Å². The minimum absolute atomic E-state index is 0.0371. The molecule has 0 heterocycles. The topological polar surface area (TPSA) is 105 Å². The smallest absolute Gasteiger partial charge is 0.348 e. The van der Waals surface area contributed by atoms with Crippen LogP contribution in [0.1, 0.15) is 83.0 Å². The Bertz CT molecular complexity index is 1370. The van der Waals surface area contributed by atoms with Gasteiger partial charge in [-0.2, -0.15) is 5.26 Å². The summed E-state index contributed by atoms with van der Waals surface area (Å²) in [5.41, 5.74) is 3.44. The Morgan fingerprint density at radius 3 is 2.49 bits per heavy atom. The van der Waals surface area contributed by atoms with Crippen molar-refractivity contribution in [3.05, 3.63) is 70.5 Å². The van der Waals surface area contributed by atoms with Gasteiger partial charge in [0, 0.05) is 24.5 Å². The number of carbonyl (C=O) groups is 3. The average molecular weight is 557 g/mol. The third kappa shape index (κ3) is 5.25. The van der Waals surface area contributed by atoms with Crippen LogP contribution in [0, 0.1) is 39.9 Å². The number of ether oxygens (including phenoxy) is 2. The summed E-state index contributed by atoms with van der Waals surface area (Å²) in [6.45, 7) is 8.04. The number of hydrogen-bond donors (Lipinski definition) is 1. The van der Waals surface area contributed by atoms with Gasteiger partial charge in [0.05, 0.1) is 12.2 Å². The number of amides is 1. The van der Waals surface area contributed by atoms with Gasteiger partial charge in [0.25, 0.3) is 0 Å². The van der Waals surface area contributed by atoms with Gasteiger partial charge in [-0.1, -0.05) is 43.7 Å². The Morgan fingerprint density at radius 1 is 1.07 bits per heavy atom. The Balaban J connectivity index is 1.39. The van der Waals surface area contributed by atoms with E-state index in [9.17, 15) is 19.6 Å². The predicted octanol–water partition coefficient (Wildman–Crippen LogP) is 6.19. The maximum atomic E-state index is 12.7. The van der Waals surface area contributed by atoms with Crippen molar-refractivity contribution in [2.45, 2.75) is 78.7 Å². The molecule has 1 amide bonds. The number of nitrogens with zero attached hydrogens (tertiary/aromatic N) is 1. The Labute approximate surface area is 242 Å². The van der Waals surface area contributed by atoms with Gasteiger partial charge in [0.1, 0.15) is 17.7 Å². The maximum Gasteiger partial charge on any atom is 0.348 e. The number of nitriles is 1. The quantitative estimate of drug-likeness (QED) is 0.194. The molecule has 0 bridgehead atoms.